The second-order valence-electron chi connectivity index (χ2n) is 6.68. The third-order valence-corrected chi connectivity index (χ3v) is 4.28. The fourth-order valence-electron chi connectivity index (χ4n) is 2.44. The Labute approximate surface area is 125 Å². The Hall–Kier alpha value is -0.380. The number of benzene rings is 1. The van der Waals surface area contributed by atoms with Gasteiger partial charge in [0, 0.05) is 37.2 Å². The van der Waals surface area contributed by atoms with Gasteiger partial charge in [0.15, 0.2) is 0 Å². The van der Waals surface area contributed by atoms with Gasteiger partial charge in [0.2, 0.25) is 0 Å². The van der Waals surface area contributed by atoms with Crippen LogP contribution in [0.1, 0.15) is 31.9 Å². The Morgan fingerprint density at radius 1 is 1.05 bits per heavy atom. The Kier molecular flexibility index (Phi) is 4.70. The summed E-state index contributed by atoms with van der Waals surface area (Å²) in [5, 5.41) is 0. The molecule has 1 saturated heterocycles. The number of likely N-dealkylation sites (N-methyl/N-ethyl adjacent to an activating group) is 1. The lowest BCUT2D eigenvalue weighted by Gasteiger charge is -2.32. The Morgan fingerprint density at radius 3 is 2.26 bits per heavy atom. The summed E-state index contributed by atoms with van der Waals surface area (Å²) in [7, 11) is 2.20. The van der Waals surface area contributed by atoms with Gasteiger partial charge in [-0.05, 0) is 35.7 Å². The van der Waals surface area contributed by atoms with Crippen LogP contribution in [0, 0.1) is 0 Å². The summed E-state index contributed by atoms with van der Waals surface area (Å²) in [4.78, 5) is 4.95. The highest BCUT2D eigenvalue weighted by atomic mass is 79.9. The number of hydrogen-bond donors (Lipinski definition) is 0. The Bertz CT molecular complexity index is 429. The van der Waals surface area contributed by atoms with E-state index < -0.39 is 0 Å². The summed E-state index contributed by atoms with van der Waals surface area (Å²) >= 11 is 3.65. The predicted octanol–water partition coefficient (Wildman–Crippen LogP) is 3.49. The number of rotatable bonds is 2. The first-order chi connectivity index (χ1) is 8.84. The van der Waals surface area contributed by atoms with E-state index in [0.29, 0.717) is 0 Å². The molecule has 1 aromatic carbocycles. The van der Waals surface area contributed by atoms with E-state index in [2.05, 4.69) is 71.7 Å². The van der Waals surface area contributed by atoms with E-state index in [9.17, 15) is 0 Å². The predicted molar refractivity (Wildman–Crippen MR) is 85.6 cm³/mol. The molecule has 0 unspecified atom stereocenters. The van der Waals surface area contributed by atoms with Gasteiger partial charge in [0.05, 0.1) is 0 Å². The molecule has 0 bridgehead atoms. The summed E-state index contributed by atoms with van der Waals surface area (Å²) in [6.45, 7) is 12.6. The fraction of sp³-hybridized carbons (Fsp3) is 0.625. The lowest BCUT2D eigenvalue weighted by Crippen LogP contribution is -2.43. The van der Waals surface area contributed by atoms with Crippen molar-refractivity contribution in [3.63, 3.8) is 0 Å². The molecule has 1 aromatic rings. The molecule has 0 radical (unpaired) electrons. The maximum absolute atomic E-state index is 3.65. The molecule has 2 nitrogen and oxygen atoms in total. The SMILES string of the molecule is CN1CCN(Cc2cc(Br)cc(C(C)(C)C)c2)CC1. The van der Waals surface area contributed by atoms with Gasteiger partial charge in [0.25, 0.3) is 0 Å². The Balaban J connectivity index is 2.10. The number of halogens is 1. The van der Waals surface area contributed by atoms with Crippen LogP contribution in [0.25, 0.3) is 0 Å². The third-order valence-electron chi connectivity index (χ3n) is 3.83. The van der Waals surface area contributed by atoms with Gasteiger partial charge in [0.1, 0.15) is 0 Å². The van der Waals surface area contributed by atoms with Crippen LogP contribution in [0.15, 0.2) is 22.7 Å². The molecular formula is C16H25BrN2. The summed E-state index contributed by atoms with van der Waals surface area (Å²) in [6.07, 6.45) is 0. The zero-order valence-electron chi connectivity index (χ0n) is 12.5. The zero-order chi connectivity index (χ0) is 14.0. The first-order valence-corrected chi connectivity index (χ1v) is 7.85. The van der Waals surface area contributed by atoms with Crippen molar-refractivity contribution in [1.82, 2.24) is 9.80 Å². The highest BCUT2D eigenvalue weighted by Gasteiger charge is 2.17. The van der Waals surface area contributed by atoms with Crippen molar-refractivity contribution in [3.05, 3.63) is 33.8 Å². The standard InChI is InChI=1S/C16H25BrN2/c1-16(2,3)14-9-13(10-15(17)11-14)12-19-7-5-18(4)6-8-19/h9-11H,5-8,12H2,1-4H3. The molecule has 1 aliphatic heterocycles. The van der Waals surface area contributed by atoms with E-state index in [4.69, 9.17) is 0 Å². The molecule has 0 aromatic heterocycles. The molecule has 2 rings (SSSR count). The van der Waals surface area contributed by atoms with Crippen LogP contribution in [-0.2, 0) is 12.0 Å². The minimum Gasteiger partial charge on any atom is -0.304 e. The lowest BCUT2D eigenvalue weighted by atomic mass is 9.86. The van der Waals surface area contributed by atoms with E-state index in [1.54, 1.807) is 0 Å². The van der Waals surface area contributed by atoms with Crippen LogP contribution >= 0.6 is 15.9 Å². The van der Waals surface area contributed by atoms with Gasteiger partial charge in [-0.25, -0.2) is 0 Å². The maximum Gasteiger partial charge on any atom is 0.0235 e. The molecule has 106 valence electrons. The lowest BCUT2D eigenvalue weighted by molar-refractivity contribution is 0.148. The molecular weight excluding hydrogens is 300 g/mol. The van der Waals surface area contributed by atoms with Crippen molar-refractivity contribution in [2.45, 2.75) is 32.7 Å². The average Bonchev–Trinajstić information content (AvgIpc) is 2.30. The molecule has 0 N–H and O–H groups in total. The first-order valence-electron chi connectivity index (χ1n) is 7.05. The fourth-order valence-corrected chi connectivity index (χ4v) is 2.98. The Morgan fingerprint density at radius 2 is 1.68 bits per heavy atom. The number of piperazine rings is 1. The van der Waals surface area contributed by atoms with Crippen molar-refractivity contribution in [2.75, 3.05) is 33.2 Å². The zero-order valence-corrected chi connectivity index (χ0v) is 14.1. The molecule has 0 aliphatic carbocycles. The van der Waals surface area contributed by atoms with Crippen molar-refractivity contribution in [1.29, 1.82) is 0 Å². The second-order valence-corrected chi connectivity index (χ2v) is 7.59. The van der Waals surface area contributed by atoms with E-state index in [1.165, 1.54) is 41.8 Å². The van der Waals surface area contributed by atoms with Crippen LogP contribution < -0.4 is 0 Å². The van der Waals surface area contributed by atoms with E-state index in [1.807, 2.05) is 0 Å². The van der Waals surface area contributed by atoms with E-state index in [-0.39, 0.29) is 5.41 Å². The van der Waals surface area contributed by atoms with Crippen LogP contribution in [0.5, 0.6) is 0 Å². The molecule has 1 heterocycles. The minimum atomic E-state index is 0.209. The minimum absolute atomic E-state index is 0.209. The van der Waals surface area contributed by atoms with Crippen LogP contribution in [0.3, 0.4) is 0 Å². The van der Waals surface area contributed by atoms with Gasteiger partial charge >= 0.3 is 0 Å². The van der Waals surface area contributed by atoms with Crippen molar-refractivity contribution in [2.24, 2.45) is 0 Å². The average molecular weight is 325 g/mol. The van der Waals surface area contributed by atoms with E-state index in [0.717, 1.165) is 6.54 Å². The number of hydrogen-bond acceptors (Lipinski definition) is 2. The smallest absolute Gasteiger partial charge is 0.0235 e. The molecule has 3 heteroatoms. The molecule has 19 heavy (non-hydrogen) atoms. The van der Waals surface area contributed by atoms with Gasteiger partial charge in [-0.3, -0.25) is 4.90 Å². The van der Waals surface area contributed by atoms with Crippen LogP contribution in [0.4, 0.5) is 0 Å². The molecule has 0 saturated carbocycles. The third kappa shape index (κ3) is 4.30. The molecule has 0 atom stereocenters. The summed E-state index contributed by atoms with van der Waals surface area (Å²) in [6, 6.07) is 6.87. The normalized spacial score (nSPS) is 18.8. The molecule has 1 fully saturated rings. The highest BCUT2D eigenvalue weighted by molar-refractivity contribution is 9.10. The van der Waals surface area contributed by atoms with Crippen LogP contribution in [-0.4, -0.2) is 43.0 Å². The van der Waals surface area contributed by atoms with Gasteiger partial charge in [-0.15, -0.1) is 0 Å². The number of nitrogens with zero attached hydrogens (tertiary/aromatic N) is 2. The van der Waals surface area contributed by atoms with Crippen molar-refractivity contribution in [3.8, 4) is 0 Å². The quantitative estimate of drug-likeness (QED) is 0.821. The van der Waals surface area contributed by atoms with Gasteiger partial charge in [-0.2, -0.15) is 0 Å². The topological polar surface area (TPSA) is 6.48 Å². The van der Waals surface area contributed by atoms with Gasteiger partial charge < -0.3 is 4.90 Å². The summed E-state index contributed by atoms with van der Waals surface area (Å²) < 4.78 is 1.20. The van der Waals surface area contributed by atoms with Gasteiger partial charge in [-0.1, -0.05) is 42.8 Å². The molecule has 0 spiro atoms. The summed E-state index contributed by atoms with van der Waals surface area (Å²) in [5.74, 6) is 0. The second kappa shape index (κ2) is 5.94. The largest absolute Gasteiger partial charge is 0.304 e. The van der Waals surface area contributed by atoms with Crippen molar-refractivity contribution >= 4 is 15.9 Å². The monoisotopic (exact) mass is 324 g/mol. The molecule has 0 amide bonds. The van der Waals surface area contributed by atoms with Crippen LogP contribution in [0.2, 0.25) is 0 Å². The van der Waals surface area contributed by atoms with Crippen molar-refractivity contribution < 1.29 is 0 Å². The highest BCUT2D eigenvalue weighted by Crippen LogP contribution is 2.27. The maximum atomic E-state index is 3.65. The summed E-state index contributed by atoms with van der Waals surface area (Å²) in [5.41, 5.74) is 3.04. The van der Waals surface area contributed by atoms with E-state index >= 15 is 0 Å². The first kappa shape index (κ1) is 15.0. The molecule has 1 aliphatic rings.